The van der Waals surface area contributed by atoms with Gasteiger partial charge in [0.05, 0.1) is 6.54 Å². The summed E-state index contributed by atoms with van der Waals surface area (Å²) >= 11 is 0. The first-order valence-corrected chi connectivity index (χ1v) is 7.29. The molecule has 3 heterocycles. The Labute approximate surface area is 131 Å². The Morgan fingerprint density at radius 1 is 1.17 bits per heavy atom. The lowest BCUT2D eigenvalue weighted by molar-refractivity contribution is -0.525. The summed E-state index contributed by atoms with van der Waals surface area (Å²) in [4.78, 5) is 33.5. The van der Waals surface area contributed by atoms with Crippen molar-refractivity contribution < 1.29 is 18.6 Å². The fourth-order valence-corrected chi connectivity index (χ4v) is 3.20. The highest BCUT2D eigenvalue weighted by Crippen LogP contribution is 2.26. The Bertz CT molecular complexity index is 786. The van der Waals surface area contributed by atoms with Crippen LogP contribution in [0.3, 0.4) is 0 Å². The smallest absolute Gasteiger partial charge is 0.270 e. The number of hydrogen-bond acceptors (Lipinski definition) is 4. The van der Waals surface area contributed by atoms with E-state index in [0.29, 0.717) is 24.9 Å². The van der Waals surface area contributed by atoms with E-state index < -0.39 is 6.04 Å². The number of halogens is 1. The SMILES string of the molecule is CN1C(=O)C2C(=NC3=[N+]2CCN3c2ccc(F)cc2)N(C)C1=O. The van der Waals surface area contributed by atoms with Gasteiger partial charge >= 0.3 is 12.0 Å². The summed E-state index contributed by atoms with van der Waals surface area (Å²) in [5.41, 5.74) is 0.807. The number of amides is 3. The lowest BCUT2D eigenvalue weighted by atomic mass is 10.1. The van der Waals surface area contributed by atoms with Crippen molar-refractivity contribution in [3.05, 3.63) is 30.1 Å². The largest absolute Gasteiger partial charge is 0.397 e. The predicted molar refractivity (Wildman–Crippen MR) is 81.0 cm³/mol. The standard InChI is InChI=1S/C15H15FN5O2/c1-18-12-11(13(22)19(2)15(18)23)21-8-7-20(14(21)17-12)10-5-3-9(16)4-6-10/h3-6,11H,7-8H2,1-2H3/q+1. The maximum atomic E-state index is 13.1. The lowest BCUT2D eigenvalue weighted by Gasteiger charge is -2.31. The summed E-state index contributed by atoms with van der Waals surface area (Å²) in [5.74, 6) is 0.492. The first-order chi connectivity index (χ1) is 11.0. The Kier molecular flexibility index (Phi) is 2.78. The monoisotopic (exact) mass is 316 g/mol. The van der Waals surface area contributed by atoms with Gasteiger partial charge in [0.1, 0.15) is 18.0 Å². The van der Waals surface area contributed by atoms with Crippen LogP contribution in [0.15, 0.2) is 29.3 Å². The number of rotatable bonds is 1. The van der Waals surface area contributed by atoms with Crippen molar-refractivity contribution in [3.8, 4) is 0 Å². The number of nitrogens with zero attached hydrogens (tertiary/aromatic N) is 5. The van der Waals surface area contributed by atoms with Gasteiger partial charge in [0.2, 0.25) is 11.9 Å². The van der Waals surface area contributed by atoms with Crippen molar-refractivity contribution in [3.63, 3.8) is 0 Å². The van der Waals surface area contributed by atoms with Gasteiger partial charge in [-0.05, 0) is 24.3 Å². The summed E-state index contributed by atoms with van der Waals surface area (Å²) in [6.45, 7) is 1.27. The molecule has 1 fully saturated rings. The number of hydrogen-bond donors (Lipinski definition) is 0. The molecule has 4 rings (SSSR count). The minimum absolute atomic E-state index is 0.275. The molecule has 3 amide bonds. The van der Waals surface area contributed by atoms with Gasteiger partial charge in [-0.15, -0.1) is 0 Å². The van der Waals surface area contributed by atoms with Crippen LogP contribution in [0.4, 0.5) is 14.9 Å². The number of carbonyl (C=O) groups is 2. The minimum Gasteiger partial charge on any atom is -0.270 e. The molecule has 1 unspecified atom stereocenters. The van der Waals surface area contributed by atoms with E-state index in [1.54, 1.807) is 19.2 Å². The average molecular weight is 316 g/mol. The molecule has 23 heavy (non-hydrogen) atoms. The lowest BCUT2D eigenvalue weighted by Crippen LogP contribution is -2.61. The van der Waals surface area contributed by atoms with E-state index in [-0.39, 0.29) is 17.8 Å². The van der Waals surface area contributed by atoms with Gasteiger partial charge in [-0.2, -0.15) is 0 Å². The van der Waals surface area contributed by atoms with Crippen LogP contribution in [0.2, 0.25) is 0 Å². The first-order valence-electron chi connectivity index (χ1n) is 7.29. The van der Waals surface area contributed by atoms with Crippen LogP contribution in [0, 0.1) is 5.82 Å². The summed E-state index contributed by atoms with van der Waals surface area (Å²) in [7, 11) is 3.09. The molecule has 0 N–H and O–H groups in total. The average Bonchev–Trinajstić information content (AvgIpc) is 3.11. The van der Waals surface area contributed by atoms with Gasteiger partial charge in [-0.3, -0.25) is 14.6 Å². The van der Waals surface area contributed by atoms with Crippen molar-refractivity contribution in [1.82, 2.24) is 9.80 Å². The number of anilines is 1. The van der Waals surface area contributed by atoms with Gasteiger partial charge in [0.15, 0.2) is 0 Å². The minimum atomic E-state index is -0.567. The Balaban J connectivity index is 1.76. The van der Waals surface area contributed by atoms with Crippen LogP contribution in [0.25, 0.3) is 0 Å². The number of carbonyl (C=O) groups excluding carboxylic acids is 2. The normalized spacial score (nSPS) is 23.5. The molecule has 1 saturated heterocycles. The molecule has 1 atom stereocenters. The quantitative estimate of drug-likeness (QED) is 0.701. The third-order valence-corrected chi connectivity index (χ3v) is 4.45. The van der Waals surface area contributed by atoms with E-state index in [4.69, 9.17) is 0 Å². The second-order valence-electron chi connectivity index (χ2n) is 5.73. The van der Waals surface area contributed by atoms with E-state index >= 15 is 0 Å². The molecule has 1 aromatic rings. The van der Waals surface area contributed by atoms with Crippen LogP contribution in [0.1, 0.15) is 0 Å². The van der Waals surface area contributed by atoms with E-state index in [0.717, 1.165) is 10.6 Å². The van der Waals surface area contributed by atoms with Gasteiger partial charge in [0.25, 0.3) is 5.91 Å². The van der Waals surface area contributed by atoms with Crippen molar-refractivity contribution in [2.75, 3.05) is 32.1 Å². The highest BCUT2D eigenvalue weighted by Gasteiger charge is 2.54. The molecule has 1 aromatic carbocycles. The summed E-state index contributed by atoms with van der Waals surface area (Å²) < 4.78 is 15.0. The maximum Gasteiger partial charge on any atom is 0.397 e. The zero-order chi connectivity index (χ0) is 16.3. The molecule has 0 radical (unpaired) electrons. The second kappa shape index (κ2) is 4.61. The molecule has 0 aromatic heterocycles. The number of likely N-dealkylation sites (N-methyl/N-ethyl adjacent to an activating group) is 2. The number of aliphatic imine (C=N–C) groups is 1. The Morgan fingerprint density at radius 3 is 2.57 bits per heavy atom. The van der Waals surface area contributed by atoms with E-state index in [2.05, 4.69) is 4.99 Å². The molecule has 0 aliphatic carbocycles. The van der Waals surface area contributed by atoms with Crippen LogP contribution < -0.4 is 4.90 Å². The third kappa shape index (κ3) is 1.81. The maximum absolute atomic E-state index is 13.1. The van der Waals surface area contributed by atoms with Crippen molar-refractivity contribution in [2.24, 2.45) is 4.99 Å². The van der Waals surface area contributed by atoms with Crippen molar-refractivity contribution in [1.29, 1.82) is 0 Å². The Morgan fingerprint density at radius 2 is 1.87 bits per heavy atom. The van der Waals surface area contributed by atoms with Crippen LogP contribution >= 0.6 is 0 Å². The fourth-order valence-electron chi connectivity index (χ4n) is 3.20. The van der Waals surface area contributed by atoms with E-state index in [1.165, 1.54) is 24.1 Å². The van der Waals surface area contributed by atoms with Gasteiger partial charge in [-0.25, -0.2) is 18.7 Å². The third-order valence-electron chi connectivity index (χ3n) is 4.45. The summed E-state index contributed by atoms with van der Waals surface area (Å²) in [6.07, 6.45) is 0. The van der Waals surface area contributed by atoms with Crippen molar-refractivity contribution in [2.45, 2.75) is 6.04 Å². The first kappa shape index (κ1) is 13.9. The zero-order valence-corrected chi connectivity index (χ0v) is 12.7. The zero-order valence-electron chi connectivity index (χ0n) is 12.7. The molecular formula is C15H15FN5O2+. The topological polar surface area (TPSA) is 59.2 Å². The number of guanidine groups is 1. The number of amidine groups is 1. The number of urea groups is 1. The van der Waals surface area contributed by atoms with Crippen molar-refractivity contribution >= 4 is 29.4 Å². The second-order valence-corrected chi connectivity index (χ2v) is 5.73. The fraction of sp³-hybridized carbons (Fsp3) is 0.333. The summed E-state index contributed by atoms with van der Waals surface area (Å²) in [5, 5.41) is 0. The Hall–Kier alpha value is -2.77. The number of benzene rings is 1. The number of imide groups is 1. The van der Waals surface area contributed by atoms with E-state index in [9.17, 15) is 14.0 Å². The molecule has 3 aliphatic heterocycles. The highest BCUT2D eigenvalue weighted by molar-refractivity contribution is 6.24. The molecule has 3 aliphatic rings. The molecule has 7 nitrogen and oxygen atoms in total. The van der Waals surface area contributed by atoms with Gasteiger partial charge in [0, 0.05) is 14.1 Å². The summed E-state index contributed by atoms with van der Waals surface area (Å²) in [6, 6.07) is 5.18. The van der Waals surface area contributed by atoms with Crippen LogP contribution in [-0.4, -0.2) is 71.3 Å². The molecule has 0 saturated carbocycles. The predicted octanol–water partition coefficient (Wildman–Crippen LogP) is 0.319. The molecule has 0 spiro atoms. The molecular weight excluding hydrogens is 301 g/mol. The van der Waals surface area contributed by atoms with Gasteiger partial charge < -0.3 is 0 Å². The number of fused-ring (bicyclic) bond motifs is 2. The van der Waals surface area contributed by atoms with Crippen LogP contribution in [-0.2, 0) is 4.79 Å². The molecule has 118 valence electrons. The molecule has 8 heteroatoms. The van der Waals surface area contributed by atoms with Crippen LogP contribution in [0.5, 0.6) is 0 Å². The highest BCUT2D eigenvalue weighted by atomic mass is 19.1. The van der Waals surface area contributed by atoms with E-state index in [1.807, 2.05) is 9.48 Å². The van der Waals surface area contributed by atoms with Gasteiger partial charge in [-0.1, -0.05) is 4.99 Å². The molecule has 0 bridgehead atoms.